The maximum atomic E-state index is 13.0. The van der Waals surface area contributed by atoms with E-state index in [1.54, 1.807) is 25.1 Å². The summed E-state index contributed by atoms with van der Waals surface area (Å²) in [6, 6.07) is 6.37. The van der Waals surface area contributed by atoms with Gasteiger partial charge in [-0.15, -0.1) is 6.58 Å². The SMILES string of the molecule is C=CCCOC(C)C(=O)NC1(c2ccc(F)cc2)CCC1. The molecule has 1 saturated carbocycles. The van der Waals surface area contributed by atoms with Crippen LogP contribution in [0.4, 0.5) is 4.39 Å². The van der Waals surface area contributed by atoms with Crippen LogP contribution in [0, 0.1) is 5.82 Å². The number of nitrogens with one attached hydrogen (secondary N) is 1. The molecule has 0 aromatic heterocycles. The van der Waals surface area contributed by atoms with Crippen molar-refractivity contribution in [2.24, 2.45) is 0 Å². The first-order valence-electron chi connectivity index (χ1n) is 7.38. The summed E-state index contributed by atoms with van der Waals surface area (Å²) >= 11 is 0. The minimum atomic E-state index is -0.497. The molecule has 0 aliphatic heterocycles. The lowest BCUT2D eigenvalue weighted by Crippen LogP contribution is -2.53. The predicted octanol–water partition coefficient (Wildman–Crippen LogP) is 3.30. The quantitative estimate of drug-likeness (QED) is 0.618. The molecule has 1 fully saturated rings. The smallest absolute Gasteiger partial charge is 0.249 e. The summed E-state index contributed by atoms with van der Waals surface area (Å²) in [7, 11) is 0. The van der Waals surface area contributed by atoms with Gasteiger partial charge < -0.3 is 10.1 Å². The lowest BCUT2D eigenvalue weighted by Gasteiger charge is -2.43. The third kappa shape index (κ3) is 3.70. The number of amides is 1. The largest absolute Gasteiger partial charge is 0.368 e. The Balaban J connectivity index is 1.99. The number of ether oxygens (including phenoxy) is 1. The van der Waals surface area contributed by atoms with Gasteiger partial charge in [0.25, 0.3) is 0 Å². The highest BCUT2D eigenvalue weighted by Crippen LogP contribution is 2.41. The second kappa shape index (κ2) is 6.85. The van der Waals surface area contributed by atoms with E-state index in [1.165, 1.54) is 12.1 Å². The number of hydrogen-bond donors (Lipinski definition) is 1. The third-order valence-corrected chi connectivity index (χ3v) is 4.03. The van der Waals surface area contributed by atoms with Gasteiger partial charge in [-0.1, -0.05) is 18.2 Å². The zero-order chi connectivity index (χ0) is 15.3. The fraction of sp³-hybridized carbons (Fsp3) is 0.471. The zero-order valence-corrected chi connectivity index (χ0v) is 12.4. The van der Waals surface area contributed by atoms with E-state index in [9.17, 15) is 9.18 Å². The minimum absolute atomic E-state index is 0.122. The summed E-state index contributed by atoms with van der Waals surface area (Å²) in [6.45, 7) is 5.85. The summed E-state index contributed by atoms with van der Waals surface area (Å²) in [6.07, 6.45) is 4.80. The molecule has 3 nitrogen and oxygen atoms in total. The number of hydrogen-bond acceptors (Lipinski definition) is 2. The van der Waals surface area contributed by atoms with E-state index in [0.717, 1.165) is 31.2 Å². The Hall–Kier alpha value is -1.68. The summed E-state index contributed by atoms with van der Waals surface area (Å²) < 4.78 is 18.5. The van der Waals surface area contributed by atoms with Crippen molar-refractivity contribution in [1.29, 1.82) is 0 Å². The minimum Gasteiger partial charge on any atom is -0.368 e. The molecule has 1 aliphatic rings. The first kappa shape index (κ1) is 15.7. The van der Waals surface area contributed by atoms with Crippen LogP contribution in [0.25, 0.3) is 0 Å². The Morgan fingerprint density at radius 2 is 2.14 bits per heavy atom. The fourth-order valence-electron chi connectivity index (χ4n) is 2.53. The number of carbonyl (C=O) groups is 1. The molecule has 0 heterocycles. The standard InChI is InChI=1S/C17H22FNO2/c1-3-4-12-21-13(2)16(20)19-17(10-5-11-17)14-6-8-15(18)9-7-14/h3,6-9,13H,1,4-5,10-12H2,2H3,(H,19,20). The van der Waals surface area contributed by atoms with Gasteiger partial charge in [0.15, 0.2) is 0 Å². The lowest BCUT2D eigenvalue weighted by atomic mass is 9.71. The number of benzene rings is 1. The number of halogens is 1. The summed E-state index contributed by atoms with van der Waals surface area (Å²) in [5, 5.41) is 3.08. The monoisotopic (exact) mass is 291 g/mol. The van der Waals surface area contributed by atoms with Crippen molar-refractivity contribution in [3.8, 4) is 0 Å². The molecular formula is C17H22FNO2. The normalized spacial score (nSPS) is 17.6. The van der Waals surface area contributed by atoms with Crippen molar-refractivity contribution < 1.29 is 13.9 Å². The van der Waals surface area contributed by atoms with Gasteiger partial charge in [-0.05, 0) is 50.3 Å². The van der Waals surface area contributed by atoms with Crippen LogP contribution < -0.4 is 5.32 Å². The molecule has 1 N–H and O–H groups in total. The van der Waals surface area contributed by atoms with E-state index < -0.39 is 6.10 Å². The molecule has 0 saturated heterocycles. The summed E-state index contributed by atoms with van der Waals surface area (Å²) in [4.78, 5) is 12.2. The Kier molecular flexibility index (Phi) is 5.12. The topological polar surface area (TPSA) is 38.3 Å². The molecule has 0 spiro atoms. The van der Waals surface area contributed by atoms with Crippen LogP contribution in [-0.2, 0) is 15.1 Å². The van der Waals surface area contributed by atoms with Crippen molar-refractivity contribution in [3.05, 3.63) is 48.3 Å². The van der Waals surface area contributed by atoms with E-state index in [0.29, 0.717) is 6.61 Å². The molecule has 1 aromatic rings. The van der Waals surface area contributed by atoms with Crippen LogP contribution in [0.1, 0.15) is 38.2 Å². The zero-order valence-electron chi connectivity index (χ0n) is 12.4. The molecule has 2 rings (SSSR count). The highest BCUT2D eigenvalue weighted by molar-refractivity contribution is 5.81. The van der Waals surface area contributed by atoms with Crippen LogP contribution in [0.2, 0.25) is 0 Å². The molecule has 0 bridgehead atoms. The maximum absolute atomic E-state index is 13.0. The summed E-state index contributed by atoms with van der Waals surface area (Å²) in [5.41, 5.74) is 0.600. The van der Waals surface area contributed by atoms with Crippen LogP contribution in [-0.4, -0.2) is 18.6 Å². The fourth-order valence-corrected chi connectivity index (χ4v) is 2.53. The van der Waals surface area contributed by atoms with Gasteiger partial charge in [0.2, 0.25) is 5.91 Å². The van der Waals surface area contributed by atoms with Gasteiger partial charge in [-0.3, -0.25) is 4.79 Å². The Morgan fingerprint density at radius 3 is 2.67 bits per heavy atom. The van der Waals surface area contributed by atoms with Gasteiger partial charge in [0, 0.05) is 0 Å². The Labute approximate surface area is 125 Å². The van der Waals surface area contributed by atoms with Crippen LogP contribution >= 0.6 is 0 Å². The first-order chi connectivity index (χ1) is 10.1. The molecule has 21 heavy (non-hydrogen) atoms. The van der Waals surface area contributed by atoms with E-state index in [-0.39, 0.29) is 17.3 Å². The van der Waals surface area contributed by atoms with Gasteiger partial charge in [-0.2, -0.15) is 0 Å². The molecule has 4 heteroatoms. The Morgan fingerprint density at radius 1 is 1.48 bits per heavy atom. The highest BCUT2D eigenvalue weighted by Gasteiger charge is 2.40. The predicted molar refractivity (Wildman–Crippen MR) is 80.3 cm³/mol. The summed E-state index contributed by atoms with van der Waals surface area (Å²) in [5.74, 6) is -0.385. The molecular weight excluding hydrogens is 269 g/mol. The van der Waals surface area contributed by atoms with Gasteiger partial charge in [0.1, 0.15) is 11.9 Å². The van der Waals surface area contributed by atoms with Crippen LogP contribution in [0.5, 0.6) is 0 Å². The van der Waals surface area contributed by atoms with Crippen molar-refractivity contribution in [3.63, 3.8) is 0 Å². The molecule has 1 amide bonds. The van der Waals surface area contributed by atoms with Crippen molar-refractivity contribution in [2.45, 2.75) is 44.2 Å². The average molecular weight is 291 g/mol. The van der Waals surface area contributed by atoms with E-state index in [4.69, 9.17) is 4.74 Å². The van der Waals surface area contributed by atoms with Gasteiger partial charge >= 0.3 is 0 Å². The van der Waals surface area contributed by atoms with Crippen LogP contribution in [0.3, 0.4) is 0 Å². The molecule has 1 aliphatic carbocycles. The molecule has 1 aromatic carbocycles. The van der Waals surface area contributed by atoms with Crippen molar-refractivity contribution >= 4 is 5.91 Å². The van der Waals surface area contributed by atoms with Gasteiger partial charge in [0.05, 0.1) is 12.1 Å². The molecule has 1 atom stereocenters. The Bertz CT molecular complexity index is 494. The highest BCUT2D eigenvalue weighted by atomic mass is 19.1. The number of carbonyl (C=O) groups excluding carboxylic acids is 1. The average Bonchev–Trinajstić information content (AvgIpc) is 2.44. The van der Waals surface area contributed by atoms with Crippen molar-refractivity contribution in [2.75, 3.05) is 6.61 Å². The number of rotatable bonds is 7. The first-order valence-corrected chi connectivity index (χ1v) is 7.38. The molecule has 114 valence electrons. The van der Waals surface area contributed by atoms with E-state index in [2.05, 4.69) is 11.9 Å². The van der Waals surface area contributed by atoms with Crippen molar-refractivity contribution in [1.82, 2.24) is 5.32 Å². The second-order valence-electron chi connectivity index (χ2n) is 5.52. The second-order valence-corrected chi connectivity index (χ2v) is 5.52. The molecule has 1 unspecified atom stereocenters. The van der Waals surface area contributed by atoms with Gasteiger partial charge in [-0.25, -0.2) is 4.39 Å². The molecule has 0 radical (unpaired) electrons. The van der Waals surface area contributed by atoms with Crippen LogP contribution in [0.15, 0.2) is 36.9 Å². The van der Waals surface area contributed by atoms with E-state index >= 15 is 0 Å². The third-order valence-electron chi connectivity index (χ3n) is 4.03. The lowest BCUT2D eigenvalue weighted by molar-refractivity contribution is -0.135. The van der Waals surface area contributed by atoms with E-state index in [1.807, 2.05) is 0 Å². The maximum Gasteiger partial charge on any atom is 0.249 e.